The first-order valence-electron chi connectivity index (χ1n) is 5.19. The Labute approximate surface area is 93.6 Å². The van der Waals surface area contributed by atoms with E-state index in [0.29, 0.717) is 18.6 Å². The number of hydrogen-bond acceptors (Lipinski definition) is 2. The summed E-state index contributed by atoms with van der Waals surface area (Å²) in [5.74, 6) is 4.75. The molecule has 16 heavy (non-hydrogen) atoms. The maximum atomic E-state index is 13.7. The minimum Gasteiger partial charge on any atom is -0.348 e. The number of nitrogens with two attached hydrogens (primary N) is 1. The van der Waals surface area contributed by atoms with E-state index in [-0.39, 0.29) is 5.82 Å². The Hall–Kier alpha value is -1.39. The lowest BCUT2D eigenvalue weighted by molar-refractivity contribution is 0.140. The first-order valence-corrected chi connectivity index (χ1v) is 5.19. The van der Waals surface area contributed by atoms with Crippen LogP contribution in [0.3, 0.4) is 0 Å². The first kappa shape index (κ1) is 11.1. The number of rotatable bonds is 3. The fourth-order valence-electron chi connectivity index (χ4n) is 1.90. The Morgan fingerprint density at radius 1 is 1.38 bits per heavy atom. The predicted molar refractivity (Wildman–Crippen MR) is 61.5 cm³/mol. The molecule has 0 aliphatic heterocycles. The second-order valence-electron chi connectivity index (χ2n) is 3.97. The fraction of sp³-hybridized carbons (Fsp3) is 0.333. The van der Waals surface area contributed by atoms with E-state index in [0.717, 1.165) is 16.6 Å². The molecule has 1 aromatic heterocycles. The summed E-state index contributed by atoms with van der Waals surface area (Å²) in [6.07, 6.45) is 0.489. The van der Waals surface area contributed by atoms with Gasteiger partial charge in [0.2, 0.25) is 0 Å². The number of nitrogens with zero attached hydrogens (tertiary/aromatic N) is 1. The average molecular weight is 222 g/mol. The molecule has 0 unspecified atom stereocenters. The Bertz CT molecular complexity index is 519. The lowest BCUT2D eigenvalue weighted by Crippen LogP contribution is -2.05. The van der Waals surface area contributed by atoms with Gasteiger partial charge in [0, 0.05) is 30.1 Å². The normalized spacial score (nSPS) is 11.2. The Morgan fingerprint density at radius 2 is 2.12 bits per heavy atom. The van der Waals surface area contributed by atoms with E-state index >= 15 is 0 Å². The molecule has 0 atom stereocenters. The van der Waals surface area contributed by atoms with Gasteiger partial charge in [-0.15, -0.1) is 0 Å². The summed E-state index contributed by atoms with van der Waals surface area (Å²) in [5.41, 5.74) is 2.78. The predicted octanol–water partition coefficient (Wildman–Crippen LogP) is 2.06. The molecule has 2 rings (SSSR count). The Kier molecular flexibility index (Phi) is 2.94. The van der Waals surface area contributed by atoms with Gasteiger partial charge in [0.05, 0.1) is 6.61 Å². The summed E-state index contributed by atoms with van der Waals surface area (Å²) in [4.78, 5) is 4.47. The second kappa shape index (κ2) is 4.23. The van der Waals surface area contributed by atoms with Crippen LogP contribution in [0.1, 0.15) is 11.3 Å². The summed E-state index contributed by atoms with van der Waals surface area (Å²) < 4.78 is 15.7. The van der Waals surface area contributed by atoms with Gasteiger partial charge in [0.15, 0.2) is 0 Å². The van der Waals surface area contributed by atoms with E-state index in [4.69, 9.17) is 5.90 Å². The molecule has 0 aliphatic carbocycles. The summed E-state index contributed by atoms with van der Waals surface area (Å²) in [5, 5.41) is 0.926. The molecule has 4 heteroatoms. The molecule has 86 valence electrons. The molecule has 0 fully saturated rings. The quantitative estimate of drug-likeness (QED) is 0.807. The Balaban J connectivity index is 2.51. The number of halogens is 1. The average Bonchev–Trinajstić information content (AvgIpc) is 2.52. The van der Waals surface area contributed by atoms with Gasteiger partial charge in [-0.2, -0.15) is 0 Å². The van der Waals surface area contributed by atoms with Crippen LogP contribution in [0, 0.1) is 12.7 Å². The zero-order chi connectivity index (χ0) is 11.7. The highest BCUT2D eigenvalue weighted by atomic mass is 19.1. The monoisotopic (exact) mass is 222 g/mol. The number of aryl methyl sites for hydroxylation is 2. The van der Waals surface area contributed by atoms with Crippen molar-refractivity contribution < 1.29 is 9.23 Å². The smallest absolute Gasteiger partial charge is 0.127 e. The minimum atomic E-state index is -0.199. The summed E-state index contributed by atoms with van der Waals surface area (Å²) in [6, 6.07) is 5.40. The van der Waals surface area contributed by atoms with Gasteiger partial charge >= 0.3 is 0 Å². The second-order valence-corrected chi connectivity index (χ2v) is 3.97. The van der Waals surface area contributed by atoms with Crippen LogP contribution in [0.15, 0.2) is 18.2 Å². The van der Waals surface area contributed by atoms with Gasteiger partial charge in [-0.25, -0.2) is 10.3 Å². The van der Waals surface area contributed by atoms with Gasteiger partial charge in [0.1, 0.15) is 5.82 Å². The molecule has 0 radical (unpaired) electrons. The molecular formula is C12H15FN2O. The van der Waals surface area contributed by atoms with Crippen molar-refractivity contribution in [3.63, 3.8) is 0 Å². The largest absolute Gasteiger partial charge is 0.348 e. The molecule has 1 heterocycles. The molecule has 0 saturated carbocycles. The Morgan fingerprint density at radius 3 is 2.81 bits per heavy atom. The lowest BCUT2D eigenvalue weighted by atomic mass is 10.1. The van der Waals surface area contributed by atoms with Gasteiger partial charge in [-0.05, 0) is 30.7 Å². The third-order valence-corrected chi connectivity index (χ3v) is 2.94. The van der Waals surface area contributed by atoms with Gasteiger partial charge in [-0.1, -0.05) is 0 Å². The van der Waals surface area contributed by atoms with Crippen LogP contribution in [-0.4, -0.2) is 11.2 Å². The summed E-state index contributed by atoms with van der Waals surface area (Å²) in [7, 11) is 1.97. The standard InChI is InChI=1S/C12H15FN2O/c1-8-5-10-6-11(13)9(3-4-16-14)7-12(10)15(8)2/h5-7H,3-4,14H2,1-2H3. The summed E-state index contributed by atoms with van der Waals surface area (Å²) >= 11 is 0. The van der Waals surface area contributed by atoms with Crippen molar-refractivity contribution in [3.05, 3.63) is 35.3 Å². The fourth-order valence-corrected chi connectivity index (χ4v) is 1.90. The van der Waals surface area contributed by atoms with Crippen LogP contribution in [0.2, 0.25) is 0 Å². The van der Waals surface area contributed by atoms with Crippen LogP contribution in [0.25, 0.3) is 10.9 Å². The molecule has 1 aromatic carbocycles. The van der Waals surface area contributed by atoms with Crippen molar-refractivity contribution in [1.29, 1.82) is 0 Å². The molecule has 2 N–H and O–H groups in total. The first-order chi connectivity index (χ1) is 7.63. The third-order valence-electron chi connectivity index (χ3n) is 2.94. The van der Waals surface area contributed by atoms with Crippen LogP contribution in [0.5, 0.6) is 0 Å². The van der Waals surface area contributed by atoms with Crippen molar-refractivity contribution in [2.45, 2.75) is 13.3 Å². The van der Waals surface area contributed by atoms with Gasteiger partial charge < -0.3 is 9.40 Å². The molecule has 0 amide bonds. The van der Waals surface area contributed by atoms with Crippen molar-refractivity contribution >= 4 is 10.9 Å². The van der Waals surface area contributed by atoms with E-state index in [9.17, 15) is 4.39 Å². The minimum absolute atomic E-state index is 0.199. The van der Waals surface area contributed by atoms with Crippen LogP contribution in [-0.2, 0) is 18.3 Å². The molecule has 3 nitrogen and oxygen atoms in total. The van der Waals surface area contributed by atoms with Gasteiger partial charge in [0.25, 0.3) is 0 Å². The van der Waals surface area contributed by atoms with Gasteiger partial charge in [-0.3, -0.25) is 0 Å². The number of benzene rings is 1. The van der Waals surface area contributed by atoms with Crippen molar-refractivity contribution in [1.82, 2.24) is 4.57 Å². The van der Waals surface area contributed by atoms with E-state index in [2.05, 4.69) is 4.84 Å². The summed E-state index contributed by atoms with van der Waals surface area (Å²) in [6.45, 7) is 2.33. The van der Waals surface area contributed by atoms with E-state index in [1.54, 1.807) is 6.07 Å². The van der Waals surface area contributed by atoms with E-state index in [1.807, 2.05) is 30.7 Å². The number of fused-ring (bicyclic) bond motifs is 1. The molecule has 0 aliphatic rings. The topological polar surface area (TPSA) is 40.2 Å². The third kappa shape index (κ3) is 1.81. The SMILES string of the molecule is Cc1cc2cc(F)c(CCON)cc2n1C. The maximum Gasteiger partial charge on any atom is 0.127 e. The van der Waals surface area contributed by atoms with Crippen molar-refractivity contribution in [2.24, 2.45) is 12.9 Å². The highest BCUT2D eigenvalue weighted by Crippen LogP contribution is 2.22. The maximum absolute atomic E-state index is 13.7. The van der Waals surface area contributed by atoms with Crippen LogP contribution >= 0.6 is 0 Å². The van der Waals surface area contributed by atoms with Crippen LogP contribution < -0.4 is 5.90 Å². The van der Waals surface area contributed by atoms with Crippen LogP contribution in [0.4, 0.5) is 4.39 Å². The van der Waals surface area contributed by atoms with Crippen molar-refractivity contribution in [2.75, 3.05) is 6.61 Å². The molecule has 2 aromatic rings. The highest BCUT2D eigenvalue weighted by molar-refractivity contribution is 5.82. The van der Waals surface area contributed by atoms with E-state index in [1.165, 1.54) is 0 Å². The molecule has 0 saturated heterocycles. The lowest BCUT2D eigenvalue weighted by Gasteiger charge is -2.04. The molecular weight excluding hydrogens is 207 g/mol. The zero-order valence-corrected chi connectivity index (χ0v) is 9.46. The molecule has 0 spiro atoms. The molecule has 0 bridgehead atoms. The van der Waals surface area contributed by atoms with Crippen molar-refractivity contribution in [3.8, 4) is 0 Å². The van der Waals surface area contributed by atoms with E-state index < -0.39 is 0 Å². The highest BCUT2D eigenvalue weighted by Gasteiger charge is 2.08. The number of aromatic nitrogens is 1. The zero-order valence-electron chi connectivity index (χ0n) is 9.46. The number of hydrogen-bond donors (Lipinski definition) is 1.